The van der Waals surface area contributed by atoms with Crippen molar-refractivity contribution in [1.82, 2.24) is 9.97 Å². The van der Waals surface area contributed by atoms with Gasteiger partial charge in [-0.3, -0.25) is 0 Å². The van der Waals surface area contributed by atoms with Crippen molar-refractivity contribution in [2.45, 2.75) is 0 Å². The summed E-state index contributed by atoms with van der Waals surface area (Å²) in [6, 6.07) is 8.64. The highest BCUT2D eigenvalue weighted by Gasteiger charge is 1.99. The van der Waals surface area contributed by atoms with Crippen LogP contribution in [0, 0.1) is 0 Å². The number of nitrogens with two attached hydrogens (primary N) is 2. The van der Waals surface area contributed by atoms with E-state index in [1.165, 1.54) is 0 Å². The number of nitrogens with zero attached hydrogens (tertiary/aromatic N) is 4. The smallest absolute Gasteiger partial charge is 0.174 e. The molecule has 6 nitrogen and oxygen atoms in total. The van der Waals surface area contributed by atoms with Crippen LogP contribution >= 0.6 is 0 Å². The molecule has 6 heteroatoms. The highest BCUT2D eigenvalue weighted by molar-refractivity contribution is 5.60. The highest BCUT2D eigenvalue weighted by atomic mass is 15.2. The molecule has 2 heterocycles. The molecule has 0 saturated carbocycles. The Morgan fingerprint density at radius 1 is 1.00 bits per heavy atom. The molecule has 0 aliphatic heterocycles. The van der Waals surface area contributed by atoms with Crippen LogP contribution < -0.4 is 11.5 Å². The number of rotatable bonds is 2. The van der Waals surface area contributed by atoms with Crippen molar-refractivity contribution in [3.8, 4) is 0 Å². The van der Waals surface area contributed by atoms with Gasteiger partial charge in [0, 0.05) is 6.20 Å². The number of nitrogen functional groups attached to an aromatic ring is 2. The predicted octanol–water partition coefficient (Wildman–Crippen LogP) is 2.06. The molecule has 0 aliphatic rings. The van der Waals surface area contributed by atoms with Crippen LogP contribution in [0.4, 0.5) is 23.1 Å². The first-order chi connectivity index (χ1) is 7.75. The van der Waals surface area contributed by atoms with Crippen molar-refractivity contribution in [1.29, 1.82) is 0 Å². The Hall–Kier alpha value is -2.50. The van der Waals surface area contributed by atoms with Gasteiger partial charge >= 0.3 is 0 Å². The Labute approximate surface area is 92.1 Å². The van der Waals surface area contributed by atoms with Gasteiger partial charge in [0.15, 0.2) is 11.6 Å². The molecule has 0 fully saturated rings. The van der Waals surface area contributed by atoms with Crippen LogP contribution in [0.25, 0.3) is 0 Å². The molecule has 16 heavy (non-hydrogen) atoms. The van der Waals surface area contributed by atoms with Crippen molar-refractivity contribution in [2.75, 3.05) is 11.5 Å². The minimum absolute atomic E-state index is 0.250. The summed E-state index contributed by atoms with van der Waals surface area (Å²) in [5.41, 5.74) is 11.6. The van der Waals surface area contributed by atoms with E-state index in [0.29, 0.717) is 17.3 Å². The van der Waals surface area contributed by atoms with E-state index in [4.69, 9.17) is 11.5 Å². The standard InChI is InChI=1S/C10H10N6/c11-8-5-4-7(10(12)14-8)15-16-9-3-1-2-6-13-9/h1-6H,(H4,11,12,14). The lowest BCUT2D eigenvalue weighted by molar-refractivity contribution is 1.15. The second-order valence-electron chi connectivity index (χ2n) is 3.03. The molecular weight excluding hydrogens is 204 g/mol. The molecule has 2 aromatic heterocycles. The van der Waals surface area contributed by atoms with Crippen molar-refractivity contribution in [2.24, 2.45) is 10.2 Å². The van der Waals surface area contributed by atoms with Gasteiger partial charge in [0.2, 0.25) is 0 Å². The molecule has 0 amide bonds. The molecule has 80 valence electrons. The molecule has 0 spiro atoms. The fraction of sp³-hybridized carbons (Fsp3) is 0. The first-order valence-corrected chi connectivity index (χ1v) is 4.60. The predicted molar refractivity (Wildman–Crippen MR) is 61.5 cm³/mol. The van der Waals surface area contributed by atoms with Gasteiger partial charge in [0.25, 0.3) is 0 Å². The van der Waals surface area contributed by atoms with Crippen molar-refractivity contribution in [3.63, 3.8) is 0 Å². The maximum absolute atomic E-state index is 5.62. The first-order valence-electron chi connectivity index (χ1n) is 4.60. The number of hydrogen-bond donors (Lipinski definition) is 2. The van der Waals surface area contributed by atoms with Crippen LogP contribution in [0.15, 0.2) is 46.8 Å². The Balaban J connectivity index is 2.24. The second kappa shape index (κ2) is 4.35. The summed E-state index contributed by atoms with van der Waals surface area (Å²) in [6.07, 6.45) is 1.64. The van der Waals surface area contributed by atoms with Crippen LogP contribution in [0.5, 0.6) is 0 Å². The van der Waals surface area contributed by atoms with Crippen molar-refractivity contribution < 1.29 is 0 Å². The third-order valence-corrected chi connectivity index (χ3v) is 1.83. The SMILES string of the molecule is Nc1ccc(N=Nc2ccccn2)c(N)n1. The Kier molecular flexibility index (Phi) is 2.73. The minimum Gasteiger partial charge on any atom is -0.384 e. The third-order valence-electron chi connectivity index (χ3n) is 1.83. The molecule has 0 unspecified atom stereocenters. The largest absolute Gasteiger partial charge is 0.384 e. The number of azo groups is 1. The first kappa shape index (κ1) is 10.0. The van der Waals surface area contributed by atoms with Gasteiger partial charge in [-0.1, -0.05) is 6.07 Å². The third kappa shape index (κ3) is 2.30. The molecule has 4 N–H and O–H groups in total. The van der Waals surface area contributed by atoms with E-state index in [-0.39, 0.29) is 5.82 Å². The molecular formula is C10H10N6. The average molecular weight is 214 g/mol. The van der Waals surface area contributed by atoms with E-state index < -0.39 is 0 Å². The van der Waals surface area contributed by atoms with Gasteiger partial charge in [-0.2, -0.15) is 0 Å². The summed E-state index contributed by atoms with van der Waals surface area (Å²) < 4.78 is 0. The van der Waals surface area contributed by atoms with Gasteiger partial charge in [-0.25, -0.2) is 9.97 Å². The molecule has 2 aromatic rings. The van der Waals surface area contributed by atoms with E-state index in [9.17, 15) is 0 Å². The molecule has 0 aliphatic carbocycles. The maximum atomic E-state index is 5.62. The summed E-state index contributed by atoms with van der Waals surface area (Å²) >= 11 is 0. The molecule has 0 bridgehead atoms. The number of pyridine rings is 2. The monoisotopic (exact) mass is 214 g/mol. The maximum Gasteiger partial charge on any atom is 0.174 e. The minimum atomic E-state index is 0.250. The van der Waals surface area contributed by atoms with Crippen LogP contribution in [0.2, 0.25) is 0 Å². The lowest BCUT2D eigenvalue weighted by Crippen LogP contribution is -1.95. The van der Waals surface area contributed by atoms with Gasteiger partial charge < -0.3 is 11.5 Å². The van der Waals surface area contributed by atoms with E-state index in [2.05, 4.69) is 20.2 Å². The summed E-state index contributed by atoms with van der Waals surface area (Å²) in [5.74, 6) is 1.12. The highest BCUT2D eigenvalue weighted by Crippen LogP contribution is 2.22. The number of hydrogen-bond acceptors (Lipinski definition) is 6. The average Bonchev–Trinajstić information content (AvgIpc) is 2.29. The van der Waals surface area contributed by atoms with Gasteiger partial charge in [0.1, 0.15) is 11.5 Å². The second-order valence-corrected chi connectivity index (χ2v) is 3.03. The summed E-state index contributed by atoms with van der Waals surface area (Å²) in [7, 11) is 0. The zero-order chi connectivity index (χ0) is 11.4. The topological polar surface area (TPSA) is 103 Å². The molecule has 0 saturated heterocycles. The Morgan fingerprint density at radius 2 is 1.88 bits per heavy atom. The normalized spacial score (nSPS) is 10.8. The number of anilines is 2. The van der Waals surface area contributed by atoms with E-state index >= 15 is 0 Å². The van der Waals surface area contributed by atoms with Gasteiger partial charge in [-0.05, 0) is 24.3 Å². The van der Waals surface area contributed by atoms with Gasteiger partial charge in [0.05, 0.1) is 0 Å². The van der Waals surface area contributed by atoms with Crippen molar-refractivity contribution in [3.05, 3.63) is 36.5 Å². The molecule has 0 radical (unpaired) electrons. The lowest BCUT2D eigenvalue weighted by Gasteiger charge is -1.98. The Morgan fingerprint density at radius 3 is 2.56 bits per heavy atom. The fourth-order valence-electron chi connectivity index (χ4n) is 1.09. The van der Waals surface area contributed by atoms with Gasteiger partial charge in [-0.15, -0.1) is 10.2 Å². The molecule has 0 atom stereocenters. The Bertz CT molecular complexity index is 508. The van der Waals surface area contributed by atoms with Crippen LogP contribution in [0.1, 0.15) is 0 Å². The molecule has 0 aromatic carbocycles. The number of aromatic nitrogens is 2. The quantitative estimate of drug-likeness (QED) is 0.746. The zero-order valence-electron chi connectivity index (χ0n) is 8.41. The van der Waals surface area contributed by atoms with E-state index in [0.717, 1.165) is 0 Å². The van der Waals surface area contributed by atoms with Crippen LogP contribution in [0.3, 0.4) is 0 Å². The lowest BCUT2D eigenvalue weighted by atomic mass is 10.4. The van der Waals surface area contributed by atoms with E-state index in [1.807, 2.05) is 6.07 Å². The van der Waals surface area contributed by atoms with Crippen molar-refractivity contribution >= 4 is 23.1 Å². The zero-order valence-corrected chi connectivity index (χ0v) is 8.41. The summed E-state index contributed by atoms with van der Waals surface area (Å²) in [5, 5.41) is 7.86. The summed E-state index contributed by atoms with van der Waals surface area (Å²) in [6.45, 7) is 0. The van der Waals surface area contributed by atoms with E-state index in [1.54, 1.807) is 30.5 Å². The van der Waals surface area contributed by atoms with Crippen LogP contribution in [-0.4, -0.2) is 9.97 Å². The summed E-state index contributed by atoms with van der Waals surface area (Å²) in [4.78, 5) is 7.86. The van der Waals surface area contributed by atoms with Crippen LogP contribution in [-0.2, 0) is 0 Å². The fourth-order valence-corrected chi connectivity index (χ4v) is 1.09. The molecule has 2 rings (SSSR count).